The fourth-order valence-corrected chi connectivity index (χ4v) is 5.05. The lowest BCUT2D eigenvalue weighted by Gasteiger charge is -2.28. The third-order valence-corrected chi connectivity index (χ3v) is 6.68. The molecule has 1 aliphatic carbocycles. The highest BCUT2D eigenvalue weighted by molar-refractivity contribution is 5.85. The minimum Gasteiger partial charge on any atom is -0.461 e. The minimum atomic E-state index is 0.877. The second-order valence-corrected chi connectivity index (χ2v) is 9.08. The van der Waals surface area contributed by atoms with Crippen molar-refractivity contribution in [1.82, 2.24) is 0 Å². The standard InChI is InChI=1S/C33H27O2/c1-23-20-30-28(18-11-19-29(30)33(34-23)26-16-9-4-10-17-26)27-21-31(24-12-5-2-6-13-24)35-32(22-27)25-14-7-3-8-15-25/h2-10,12-17,20-22H,11,18-19H2,1H3/q+1. The number of fused-ring (bicyclic) bond motifs is 1. The molecular formula is C33H27O2+. The summed E-state index contributed by atoms with van der Waals surface area (Å²) >= 11 is 0. The molecule has 0 unspecified atom stereocenters. The summed E-state index contributed by atoms with van der Waals surface area (Å²) in [5.74, 6) is 3.67. The van der Waals surface area contributed by atoms with E-state index >= 15 is 0 Å². The number of benzene rings is 3. The van der Waals surface area contributed by atoms with Gasteiger partial charge < -0.3 is 4.74 Å². The predicted molar refractivity (Wildman–Crippen MR) is 143 cm³/mol. The first-order valence-corrected chi connectivity index (χ1v) is 12.2. The summed E-state index contributed by atoms with van der Waals surface area (Å²) in [5, 5.41) is 0. The van der Waals surface area contributed by atoms with Crippen molar-refractivity contribution in [3.05, 3.63) is 137 Å². The summed E-state index contributed by atoms with van der Waals surface area (Å²) in [7, 11) is 0. The second-order valence-electron chi connectivity index (χ2n) is 9.08. The van der Waals surface area contributed by atoms with E-state index in [9.17, 15) is 0 Å². The van der Waals surface area contributed by atoms with Gasteiger partial charge in [0.1, 0.15) is 11.5 Å². The molecule has 2 heteroatoms. The fraction of sp³-hybridized carbons (Fsp3) is 0.121. The summed E-state index contributed by atoms with van der Waals surface area (Å²) in [6.07, 6.45) is 5.34. The molecule has 0 radical (unpaired) electrons. The number of ether oxygens (including phenoxy) is 1. The normalized spacial score (nSPS) is 15.4. The third-order valence-electron chi connectivity index (χ3n) is 6.68. The molecule has 4 aromatic rings. The SMILES string of the molecule is CC1=CC2=C(c3cc(-c4ccccc4)[o+]c(-c4ccccc4)c3)CCCC2=C(c2ccccc2)O1. The Bertz CT molecular complexity index is 1400. The highest BCUT2D eigenvalue weighted by Gasteiger charge is 2.28. The molecule has 2 heterocycles. The van der Waals surface area contributed by atoms with Crippen molar-refractivity contribution in [3.63, 3.8) is 0 Å². The van der Waals surface area contributed by atoms with Crippen LogP contribution in [0.1, 0.15) is 37.3 Å². The van der Waals surface area contributed by atoms with Crippen LogP contribution in [0.2, 0.25) is 0 Å². The lowest BCUT2D eigenvalue weighted by Crippen LogP contribution is -2.10. The van der Waals surface area contributed by atoms with Gasteiger partial charge in [-0.15, -0.1) is 0 Å². The molecule has 3 aromatic carbocycles. The van der Waals surface area contributed by atoms with Gasteiger partial charge in [0.05, 0.1) is 23.3 Å². The maximum absolute atomic E-state index is 6.45. The van der Waals surface area contributed by atoms with E-state index in [0.717, 1.165) is 59.0 Å². The Hall–Kier alpha value is -4.17. The smallest absolute Gasteiger partial charge is 0.361 e. The molecule has 170 valence electrons. The second kappa shape index (κ2) is 9.23. The molecule has 0 atom stereocenters. The van der Waals surface area contributed by atoms with Gasteiger partial charge in [0.2, 0.25) is 0 Å². The molecule has 0 fully saturated rings. The number of hydrogen-bond donors (Lipinski definition) is 0. The van der Waals surface area contributed by atoms with E-state index in [1.165, 1.54) is 22.3 Å². The van der Waals surface area contributed by atoms with Crippen molar-refractivity contribution in [1.29, 1.82) is 0 Å². The number of allylic oxidation sites excluding steroid dienone is 5. The summed E-state index contributed by atoms with van der Waals surface area (Å²) < 4.78 is 12.8. The first kappa shape index (κ1) is 21.4. The van der Waals surface area contributed by atoms with Crippen molar-refractivity contribution in [2.45, 2.75) is 26.2 Å². The molecule has 2 aliphatic rings. The zero-order chi connectivity index (χ0) is 23.6. The minimum absolute atomic E-state index is 0.877. The van der Waals surface area contributed by atoms with Gasteiger partial charge in [-0.2, -0.15) is 0 Å². The van der Waals surface area contributed by atoms with Crippen LogP contribution in [0.15, 0.2) is 131 Å². The van der Waals surface area contributed by atoms with E-state index in [1.807, 2.05) is 25.1 Å². The van der Waals surface area contributed by atoms with Crippen molar-refractivity contribution in [3.8, 4) is 22.6 Å². The van der Waals surface area contributed by atoms with Gasteiger partial charge in [-0.1, -0.05) is 66.7 Å². The van der Waals surface area contributed by atoms with E-state index in [2.05, 4.69) is 91.0 Å². The van der Waals surface area contributed by atoms with Crippen molar-refractivity contribution in [2.75, 3.05) is 0 Å². The molecule has 1 aliphatic heterocycles. The van der Waals surface area contributed by atoms with Crippen LogP contribution in [0.3, 0.4) is 0 Å². The maximum Gasteiger partial charge on any atom is 0.361 e. The molecule has 0 spiro atoms. The summed E-state index contributed by atoms with van der Waals surface area (Å²) in [6, 6.07) is 35.6. The zero-order valence-electron chi connectivity index (χ0n) is 19.8. The van der Waals surface area contributed by atoms with Crippen LogP contribution in [0, 0.1) is 0 Å². The van der Waals surface area contributed by atoms with Crippen LogP contribution in [0.25, 0.3) is 34.0 Å². The molecule has 2 nitrogen and oxygen atoms in total. The zero-order valence-corrected chi connectivity index (χ0v) is 19.8. The van der Waals surface area contributed by atoms with Gasteiger partial charge in [0, 0.05) is 11.1 Å². The fourth-order valence-electron chi connectivity index (χ4n) is 5.05. The highest BCUT2D eigenvalue weighted by Crippen LogP contribution is 2.45. The average molecular weight is 456 g/mol. The van der Waals surface area contributed by atoms with Crippen LogP contribution in [-0.4, -0.2) is 0 Å². The Morgan fingerprint density at radius 1 is 0.600 bits per heavy atom. The first-order chi connectivity index (χ1) is 17.3. The van der Waals surface area contributed by atoms with Crippen LogP contribution >= 0.6 is 0 Å². The van der Waals surface area contributed by atoms with E-state index < -0.39 is 0 Å². The molecule has 0 N–H and O–H groups in total. The lowest BCUT2D eigenvalue weighted by atomic mass is 9.81. The van der Waals surface area contributed by atoms with E-state index in [4.69, 9.17) is 9.15 Å². The summed E-state index contributed by atoms with van der Waals surface area (Å²) in [4.78, 5) is 0. The number of rotatable bonds is 4. The van der Waals surface area contributed by atoms with E-state index in [1.54, 1.807) is 0 Å². The molecular weight excluding hydrogens is 428 g/mol. The molecule has 1 aromatic heterocycles. The Balaban J connectivity index is 1.57. The molecule has 0 saturated heterocycles. The van der Waals surface area contributed by atoms with Gasteiger partial charge in [-0.25, -0.2) is 4.42 Å². The van der Waals surface area contributed by atoms with E-state index in [0.29, 0.717) is 0 Å². The Kier molecular flexibility index (Phi) is 5.64. The van der Waals surface area contributed by atoms with Crippen molar-refractivity contribution < 1.29 is 9.15 Å². The topological polar surface area (TPSA) is 20.5 Å². The largest absolute Gasteiger partial charge is 0.461 e. The number of hydrogen-bond acceptors (Lipinski definition) is 1. The average Bonchev–Trinajstić information content (AvgIpc) is 2.93. The van der Waals surface area contributed by atoms with Gasteiger partial charge in [0.25, 0.3) is 0 Å². The third kappa shape index (κ3) is 4.24. The molecule has 0 amide bonds. The molecule has 6 rings (SSSR count). The summed E-state index contributed by atoms with van der Waals surface area (Å²) in [5.41, 5.74) is 8.44. The first-order valence-electron chi connectivity index (χ1n) is 12.2. The Morgan fingerprint density at radius 2 is 1.11 bits per heavy atom. The van der Waals surface area contributed by atoms with Crippen LogP contribution in [0.5, 0.6) is 0 Å². The lowest BCUT2D eigenvalue weighted by molar-refractivity contribution is 0.374. The van der Waals surface area contributed by atoms with Crippen LogP contribution in [-0.2, 0) is 4.74 Å². The van der Waals surface area contributed by atoms with Gasteiger partial charge in [-0.3, -0.25) is 0 Å². The Labute approximate surface area is 206 Å². The van der Waals surface area contributed by atoms with Gasteiger partial charge in [0.15, 0.2) is 0 Å². The molecule has 0 saturated carbocycles. The summed E-state index contributed by atoms with van der Waals surface area (Å²) in [6.45, 7) is 2.05. The molecule has 0 bridgehead atoms. The van der Waals surface area contributed by atoms with Crippen LogP contribution < -0.4 is 0 Å². The monoisotopic (exact) mass is 455 g/mol. The van der Waals surface area contributed by atoms with E-state index in [-0.39, 0.29) is 0 Å². The van der Waals surface area contributed by atoms with Crippen molar-refractivity contribution in [2.24, 2.45) is 0 Å². The Morgan fingerprint density at radius 3 is 1.69 bits per heavy atom. The predicted octanol–water partition coefficient (Wildman–Crippen LogP) is 9.18. The van der Waals surface area contributed by atoms with Gasteiger partial charge >= 0.3 is 11.5 Å². The van der Waals surface area contributed by atoms with Gasteiger partial charge in [-0.05, 0) is 73.2 Å². The molecule has 35 heavy (non-hydrogen) atoms. The highest BCUT2D eigenvalue weighted by atomic mass is 16.5. The maximum atomic E-state index is 6.45. The van der Waals surface area contributed by atoms with Crippen LogP contribution in [0.4, 0.5) is 0 Å². The quantitative estimate of drug-likeness (QED) is 0.286. The van der Waals surface area contributed by atoms with Crippen molar-refractivity contribution >= 4 is 11.3 Å².